The van der Waals surface area contributed by atoms with Crippen LogP contribution in [0.2, 0.25) is 0 Å². The van der Waals surface area contributed by atoms with Crippen molar-refractivity contribution >= 4 is 28.0 Å². The number of benzene rings is 1. The molecule has 1 N–H and O–H groups in total. The predicted octanol–water partition coefficient (Wildman–Crippen LogP) is 4.39. The van der Waals surface area contributed by atoms with E-state index in [4.69, 9.17) is 0 Å². The molecule has 0 bridgehead atoms. The van der Waals surface area contributed by atoms with Crippen molar-refractivity contribution in [2.75, 3.05) is 7.05 Å². The molecule has 1 aliphatic carbocycles. The Morgan fingerprint density at radius 1 is 1.35 bits per heavy atom. The summed E-state index contributed by atoms with van der Waals surface area (Å²) >= 11 is 3.43. The highest BCUT2D eigenvalue weighted by Gasteiger charge is 2.21. The first-order valence-electron chi connectivity index (χ1n) is 7.12. The Morgan fingerprint density at radius 3 is 2.80 bits per heavy atom. The minimum atomic E-state index is -0.0249. The highest BCUT2D eigenvalue weighted by atomic mass is 79.9. The minimum Gasteiger partial charge on any atom is -0.325 e. The number of nitrogens with one attached hydrogen (secondary N) is 1. The fourth-order valence-electron chi connectivity index (χ4n) is 2.56. The molecule has 0 spiro atoms. The number of amides is 2. The number of hydrogen-bond acceptors (Lipinski definition) is 1. The second-order valence-electron chi connectivity index (χ2n) is 5.24. The van der Waals surface area contributed by atoms with Crippen molar-refractivity contribution < 1.29 is 4.79 Å². The van der Waals surface area contributed by atoms with Crippen LogP contribution in [0, 0.1) is 0 Å². The number of nitrogens with zero attached hydrogens (tertiary/aromatic N) is 1. The fourth-order valence-corrected chi connectivity index (χ4v) is 2.97. The summed E-state index contributed by atoms with van der Waals surface area (Å²) in [5, 5.41) is 2.84. The molecule has 2 amide bonds. The second kappa shape index (κ2) is 7.48. The van der Waals surface area contributed by atoms with Gasteiger partial charge in [-0.25, -0.2) is 4.79 Å². The van der Waals surface area contributed by atoms with Gasteiger partial charge in [0.15, 0.2) is 0 Å². The van der Waals surface area contributed by atoms with Gasteiger partial charge in [-0.05, 0) is 36.6 Å². The van der Waals surface area contributed by atoms with Gasteiger partial charge < -0.3 is 10.2 Å². The van der Waals surface area contributed by atoms with Crippen molar-refractivity contribution in [1.29, 1.82) is 0 Å². The highest BCUT2D eigenvalue weighted by molar-refractivity contribution is 9.10. The first kappa shape index (κ1) is 15.1. The topological polar surface area (TPSA) is 32.3 Å². The molecular weight excluding hydrogens is 316 g/mol. The largest absolute Gasteiger partial charge is 0.325 e. The summed E-state index contributed by atoms with van der Waals surface area (Å²) in [5.41, 5.74) is 1.06. The Hall–Kier alpha value is -1.29. The van der Waals surface area contributed by atoms with Gasteiger partial charge in [-0.15, -0.1) is 0 Å². The van der Waals surface area contributed by atoms with Crippen LogP contribution in [0.15, 0.2) is 34.9 Å². The Balaban J connectivity index is 1.84. The molecule has 0 radical (unpaired) electrons. The molecule has 0 aliphatic heterocycles. The van der Waals surface area contributed by atoms with E-state index in [0.717, 1.165) is 22.9 Å². The molecule has 0 aromatic heterocycles. The van der Waals surface area contributed by atoms with Gasteiger partial charge in [-0.2, -0.15) is 0 Å². The van der Waals surface area contributed by atoms with Gasteiger partial charge in [-0.3, -0.25) is 0 Å². The summed E-state index contributed by atoms with van der Waals surface area (Å²) < 4.78 is 1.03. The monoisotopic (exact) mass is 336 g/mol. The maximum atomic E-state index is 12.1. The average Bonchev–Trinajstić information content (AvgIpc) is 2.47. The van der Waals surface area contributed by atoms with E-state index in [2.05, 4.69) is 21.2 Å². The van der Waals surface area contributed by atoms with Crippen LogP contribution in [0.5, 0.6) is 0 Å². The molecule has 0 atom stereocenters. The van der Waals surface area contributed by atoms with E-state index in [-0.39, 0.29) is 6.03 Å². The molecule has 0 unspecified atom stereocenters. The zero-order valence-electron chi connectivity index (χ0n) is 11.8. The zero-order chi connectivity index (χ0) is 14.4. The third-order valence-electron chi connectivity index (χ3n) is 3.77. The van der Waals surface area contributed by atoms with Gasteiger partial charge in [0.1, 0.15) is 0 Å². The van der Waals surface area contributed by atoms with Gasteiger partial charge in [-0.1, -0.05) is 47.3 Å². The fraction of sp³-hybridized carbons (Fsp3) is 0.438. The molecule has 1 aromatic carbocycles. The summed E-state index contributed by atoms with van der Waals surface area (Å²) in [7, 11) is 1.89. The number of carbonyl (C=O) groups is 1. The smallest absolute Gasteiger partial charge is 0.321 e. The first-order chi connectivity index (χ1) is 9.66. The quantitative estimate of drug-likeness (QED) is 0.871. The van der Waals surface area contributed by atoms with Crippen LogP contribution in [0.1, 0.15) is 37.7 Å². The van der Waals surface area contributed by atoms with Gasteiger partial charge in [0.2, 0.25) is 0 Å². The number of urea groups is 1. The predicted molar refractivity (Wildman–Crippen MR) is 86.3 cm³/mol. The van der Waals surface area contributed by atoms with Gasteiger partial charge in [0, 0.05) is 23.8 Å². The zero-order valence-corrected chi connectivity index (χ0v) is 13.4. The molecule has 1 aliphatic rings. The van der Waals surface area contributed by atoms with Gasteiger partial charge >= 0.3 is 6.03 Å². The Bertz CT molecular complexity index is 481. The van der Waals surface area contributed by atoms with Crippen LogP contribution in [-0.2, 0) is 0 Å². The lowest BCUT2D eigenvalue weighted by Crippen LogP contribution is -2.42. The number of rotatable bonds is 3. The molecule has 2 rings (SSSR count). The van der Waals surface area contributed by atoms with Crippen molar-refractivity contribution in [2.45, 2.75) is 38.1 Å². The van der Waals surface area contributed by atoms with E-state index >= 15 is 0 Å². The number of hydrogen-bond donors (Lipinski definition) is 1. The number of carbonyl (C=O) groups excluding carboxylic acids is 1. The third kappa shape index (κ3) is 4.37. The lowest BCUT2D eigenvalue weighted by atomic mass is 9.95. The lowest BCUT2D eigenvalue weighted by molar-refractivity contribution is 0.177. The van der Waals surface area contributed by atoms with E-state index in [1.165, 1.54) is 19.3 Å². The van der Waals surface area contributed by atoms with E-state index in [0.29, 0.717) is 6.04 Å². The summed E-state index contributed by atoms with van der Waals surface area (Å²) in [5.74, 6) is 0. The second-order valence-corrected chi connectivity index (χ2v) is 6.16. The normalized spacial score (nSPS) is 16.3. The summed E-state index contributed by atoms with van der Waals surface area (Å²) in [6, 6.07) is 8.32. The van der Waals surface area contributed by atoms with Crippen molar-refractivity contribution in [1.82, 2.24) is 10.2 Å². The summed E-state index contributed by atoms with van der Waals surface area (Å²) in [4.78, 5) is 13.9. The van der Waals surface area contributed by atoms with Gasteiger partial charge in [0.05, 0.1) is 0 Å². The van der Waals surface area contributed by atoms with E-state index < -0.39 is 0 Å². The molecule has 1 saturated carbocycles. The minimum absolute atomic E-state index is 0.0249. The molecule has 0 heterocycles. The van der Waals surface area contributed by atoms with E-state index in [9.17, 15) is 4.79 Å². The molecular formula is C16H21BrN2O. The Kier molecular flexibility index (Phi) is 5.65. The van der Waals surface area contributed by atoms with Crippen LogP contribution < -0.4 is 5.32 Å². The Morgan fingerprint density at radius 2 is 2.10 bits per heavy atom. The standard InChI is InChI=1S/C16H21BrN2O/c1-19(15-8-3-2-4-9-15)16(20)18-11-10-13-6-5-7-14(17)12-13/h5-7,10-12,15H,2-4,8-9H2,1H3,(H,18,20)/b11-10+. The van der Waals surface area contributed by atoms with Gasteiger partial charge in [0.25, 0.3) is 0 Å². The maximum absolute atomic E-state index is 12.1. The molecule has 3 nitrogen and oxygen atoms in total. The van der Waals surface area contributed by atoms with Crippen molar-refractivity contribution in [2.24, 2.45) is 0 Å². The molecule has 1 aromatic rings. The molecule has 1 fully saturated rings. The van der Waals surface area contributed by atoms with Crippen LogP contribution in [0.3, 0.4) is 0 Å². The molecule has 20 heavy (non-hydrogen) atoms. The summed E-state index contributed by atoms with van der Waals surface area (Å²) in [6.45, 7) is 0. The van der Waals surface area contributed by atoms with Crippen molar-refractivity contribution in [3.05, 3.63) is 40.5 Å². The SMILES string of the molecule is CN(C(=O)N/C=C/c1cccc(Br)c1)C1CCCCC1. The van der Waals surface area contributed by atoms with Crippen LogP contribution >= 0.6 is 15.9 Å². The number of halogens is 1. The lowest BCUT2D eigenvalue weighted by Gasteiger charge is -2.30. The molecule has 4 heteroatoms. The first-order valence-corrected chi connectivity index (χ1v) is 7.91. The molecule has 0 saturated heterocycles. The summed E-state index contributed by atoms with van der Waals surface area (Å²) in [6.07, 6.45) is 9.63. The Labute approximate surface area is 129 Å². The molecule has 108 valence electrons. The van der Waals surface area contributed by atoms with E-state index in [1.54, 1.807) is 6.20 Å². The van der Waals surface area contributed by atoms with Crippen LogP contribution in [-0.4, -0.2) is 24.0 Å². The van der Waals surface area contributed by atoms with Crippen molar-refractivity contribution in [3.63, 3.8) is 0 Å². The average molecular weight is 337 g/mol. The maximum Gasteiger partial charge on any atom is 0.321 e. The van der Waals surface area contributed by atoms with Crippen molar-refractivity contribution in [3.8, 4) is 0 Å². The van der Waals surface area contributed by atoms with Crippen LogP contribution in [0.4, 0.5) is 4.79 Å². The van der Waals surface area contributed by atoms with E-state index in [1.807, 2.05) is 42.3 Å². The highest BCUT2D eigenvalue weighted by Crippen LogP contribution is 2.21. The van der Waals surface area contributed by atoms with Crippen LogP contribution in [0.25, 0.3) is 6.08 Å². The third-order valence-corrected chi connectivity index (χ3v) is 4.27.